The molecule has 0 aliphatic rings. The van der Waals surface area contributed by atoms with Gasteiger partial charge in [-0.05, 0) is 42.8 Å². The second-order valence-electron chi connectivity index (χ2n) is 5.08. The monoisotopic (exact) mass is 329 g/mol. The lowest BCUT2D eigenvalue weighted by molar-refractivity contribution is 0.543. The molecule has 0 aliphatic carbocycles. The van der Waals surface area contributed by atoms with Gasteiger partial charge in [0.1, 0.15) is 10.3 Å². The second kappa shape index (κ2) is 5.25. The molecule has 2 rings (SSSR count). The molecule has 0 spiro atoms. The average molecular weight is 330 g/mol. The maximum atomic E-state index is 11.9. The predicted octanol–water partition coefficient (Wildman–Crippen LogP) is 3.75. The van der Waals surface area contributed by atoms with Crippen molar-refractivity contribution >= 4 is 38.3 Å². The van der Waals surface area contributed by atoms with E-state index < -0.39 is 11.4 Å². The van der Waals surface area contributed by atoms with E-state index in [9.17, 15) is 4.55 Å². The maximum absolute atomic E-state index is 11.9. The number of halogens is 1. The molecule has 0 fully saturated rings. The summed E-state index contributed by atoms with van der Waals surface area (Å²) in [7, 11) is 0. The van der Waals surface area contributed by atoms with Crippen molar-refractivity contribution < 1.29 is 8.97 Å². The van der Waals surface area contributed by atoms with Gasteiger partial charge in [-0.2, -0.15) is 0 Å². The minimum Gasteiger partial charge on any atom is -0.598 e. The Morgan fingerprint density at radius 1 is 1.39 bits per heavy atom. The summed E-state index contributed by atoms with van der Waals surface area (Å²) in [4.78, 5) is 0. The zero-order valence-corrected chi connectivity index (χ0v) is 13.0. The first-order valence-electron chi connectivity index (χ1n) is 5.69. The van der Waals surface area contributed by atoms with Crippen molar-refractivity contribution in [1.29, 1.82) is 0 Å². The van der Waals surface area contributed by atoms with Gasteiger partial charge in [0.25, 0.3) is 0 Å². The van der Waals surface area contributed by atoms with Crippen LogP contribution in [0.3, 0.4) is 0 Å². The summed E-state index contributed by atoms with van der Waals surface area (Å²) < 4.78 is 21.1. The van der Waals surface area contributed by atoms with Gasteiger partial charge in [-0.1, -0.05) is 12.1 Å². The van der Waals surface area contributed by atoms with Gasteiger partial charge in [0.15, 0.2) is 0 Å². The number of nitrogens with one attached hydrogen (secondary N) is 1. The van der Waals surface area contributed by atoms with Crippen molar-refractivity contribution in [2.45, 2.75) is 32.1 Å². The molecule has 1 aromatic carbocycles. The van der Waals surface area contributed by atoms with Crippen molar-refractivity contribution in [3.63, 3.8) is 0 Å². The van der Waals surface area contributed by atoms with E-state index in [-0.39, 0.29) is 4.75 Å². The molecular weight excluding hydrogens is 314 g/mol. The number of para-hydroxylation sites is 1. The van der Waals surface area contributed by atoms with E-state index in [0.717, 1.165) is 21.0 Å². The molecule has 5 heteroatoms. The number of fused-ring (bicyclic) bond motifs is 1. The van der Waals surface area contributed by atoms with Gasteiger partial charge in [-0.15, -0.1) is 4.72 Å². The van der Waals surface area contributed by atoms with Gasteiger partial charge in [-0.25, -0.2) is 0 Å². The summed E-state index contributed by atoms with van der Waals surface area (Å²) in [5.74, 6) is 0. The molecule has 1 N–H and O–H groups in total. The Labute approximate surface area is 118 Å². The highest BCUT2D eigenvalue weighted by atomic mass is 79.9. The smallest absolute Gasteiger partial charge is 0.148 e. The Balaban J connectivity index is 2.16. The van der Waals surface area contributed by atoms with Crippen LogP contribution in [0.15, 0.2) is 33.4 Å². The van der Waals surface area contributed by atoms with Gasteiger partial charge >= 0.3 is 0 Å². The highest BCUT2D eigenvalue weighted by Crippen LogP contribution is 2.28. The molecule has 1 atom stereocenters. The Kier molecular flexibility index (Phi) is 4.06. The Hall–Kier alpha value is -0.490. The molecule has 2 aromatic rings. The van der Waals surface area contributed by atoms with E-state index >= 15 is 0 Å². The maximum Gasteiger partial charge on any atom is 0.148 e. The summed E-state index contributed by atoms with van der Waals surface area (Å²) in [5.41, 5.74) is 1.85. The van der Waals surface area contributed by atoms with Crippen LogP contribution < -0.4 is 4.72 Å². The second-order valence-corrected chi connectivity index (χ2v) is 7.98. The van der Waals surface area contributed by atoms with Gasteiger partial charge in [0.05, 0.1) is 17.3 Å². The Morgan fingerprint density at radius 2 is 2.11 bits per heavy atom. The van der Waals surface area contributed by atoms with E-state index in [2.05, 4.69) is 20.7 Å². The fourth-order valence-corrected chi connectivity index (χ4v) is 2.75. The fourth-order valence-electron chi connectivity index (χ4n) is 1.57. The predicted molar refractivity (Wildman–Crippen MR) is 78.6 cm³/mol. The number of benzene rings is 1. The lowest BCUT2D eigenvalue weighted by Crippen LogP contribution is -2.38. The minimum absolute atomic E-state index is 0.264. The van der Waals surface area contributed by atoms with E-state index in [1.807, 2.05) is 39.0 Å². The molecule has 0 radical (unpaired) electrons. The zero-order chi connectivity index (χ0) is 13.3. The number of furan rings is 1. The molecule has 0 saturated carbocycles. The zero-order valence-electron chi connectivity index (χ0n) is 10.6. The number of hydrogen-bond donors (Lipinski definition) is 1. The summed E-state index contributed by atoms with van der Waals surface area (Å²) in [6, 6.07) is 5.91. The molecule has 1 unspecified atom stereocenters. The Bertz CT molecular complexity index is 547. The Morgan fingerprint density at radius 3 is 2.78 bits per heavy atom. The fraction of sp³-hybridized carbons (Fsp3) is 0.385. The minimum atomic E-state index is -1.07. The first kappa shape index (κ1) is 13.9. The largest absolute Gasteiger partial charge is 0.598 e. The quantitative estimate of drug-likeness (QED) is 0.872. The van der Waals surface area contributed by atoms with Crippen LogP contribution in [0, 0.1) is 0 Å². The topological polar surface area (TPSA) is 48.2 Å². The van der Waals surface area contributed by atoms with Gasteiger partial charge in [0.2, 0.25) is 0 Å². The van der Waals surface area contributed by atoms with Crippen LogP contribution in [0.1, 0.15) is 26.3 Å². The van der Waals surface area contributed by atoms with E-state index in [1.165, 1.54) is 0 Å². The summed E-state index contributed by atoms with van der Waals surface area (Å²) in [6.07, 6.45) is 1.71. The third-order valence-electron chi connectivity index (χ3n) is 2.58. The SMILES string of the molecule is CC(C)(C)[S+]([O-])NCc1coc2c(Br)cccc12. The summed E-state index contributed by atoms with van der Waals surface area (Å²) in [5, 5.41) is 1.04. The van der Waals surface area contributed by atoms with Crippen molar-refractivity contribution in [2.75, 3.05) is 0 Å². The lowest BCUT2D eigenvalue weighted by Gasteiger charge is -2.23. The van der Waals surface area contributed by atoms with Gasteiger partial charge in [0, 0.05) is 22.3 Å². The van der Waals surface area contributed by atoms with Crippen molar-refractivity contribution in [2.24, 2.45) is 0 Å². The molecule has 18 heavy (non-hydrogen) atoms. The molecular formula is C13H16BrNO2S. The summed E-state index contributed by atoms with van der Waals surface area (Å²) in [6.45, 7) is 6.37. The molecule has 0 saturated heterocycles. The van der Waals surface area contributed by atoms with Gasteiger partial charge < -0.3 is 8.97 Å². The number of rotatable bonds is 3. The van der Waals surface area contributed by atoms with Crippen LogP contribution in [-0.4, -0.2) is 9.30 Å². The van der Waals surface area contributed by atoms with E-state index in [1.54, 1.807) is 6.26 Å². The van der Waals surface area contributed by atoms with Crippen molar-refractivity contribution in [3.05, 3.63) is 34.5 Å². The third-order valence-corrected chi connectivity index (χ3v) is 4.73. The first-order chi connectivity index (χ1) is 8.39. The average Bonchev–Trinajstić information content (AvgIpc) is 2.69. The molecule has 0 amide bonds. The highest BCUT2D eigenvalue weighted by molar-refractivity contribution is 9.10. The molecule has 3 nitrogen and oxygen atoms in total. The summed E-state index contributed by atoms with van der Waals surface area (Å²) >= 11 is 2.37. The van der Waals surface area contributed by atoms with Crippen molar-refractivity contribution in [1.82, 2.24) is 4.72 Å². The lowest BCUT2D eigenvalue weighted by atomic mass is 10.2. The van der Waals surface area contributed by atoms with Crippen LogP contribution in [0.4, 0.5) is 0 Å². The third kappa shape index (κ3) is 2.91. The van der Waals surface area contributed by atoms with Crippen LogP contribution in [0.25, 0.3) is 11.0 Å². The first-order valence-corrected chi connectivity index (χ1v) is 7.64. The number of hydrogen-bond acceptors (Lipinski definition) is 3. The molecule has 1 aromatic heterocycles. The van der Waals surface area contributed by atoms with Gasteiger partial charge in [-0.3, -0.25) is 0 Å². The van der Waals surface area contributed by atoms with E-state index in [0.29, 0.717) is 6.54 Å². The normalized spacial score (nSPS) is 14.1. The van der Waals surface area contributed by atoms with Crippen LogP contribution in [-0.2, 0) is 17.9 Å². The van der Waals surface area contributed by atoms with Crippen LogP contribution in [0.5, 0.6) is 0 Å². The van der Waals surface area contributed by atoms with Crippen LogP contribution >= 0.6 is 15.9 Å². The van der Waals surface area contributed by atoms with Crippen LogP contribution in [0.2, 0.25) is 0 Å². The standard InChI is InChI=1S/C13H16BrNO2S/c1-13(2,3)18(16)15-7-9-8-17-12-10(9)5-4-6-11(12)14/h4-6,8,15H,7H2,1-3H3. The molecule has 98 valence electrons. The molecule has 0 bridgehead atoms. The van der Waals surface area contributed by atoms with Crippen molar-refractivity contribution in [3.8, 4) is 0 Å². The van der Waals surface area contributed by atoms with E-state index in [4.69, 9.17) is 4.42 Å². The highest BCUT2D eigenvalue weighted by Gasteiger charge is 2.26. The molecule has 1 heterocycles. The molecule has 0 aliphatic heterocycles.